The molecule has 0 aliphatic heterocycles. The minimum absolute atomic E-state index is 0.626. The monoisotopic (exact) mass is 219 g/mol. The maximum atomic E-state index is 5.74. The second-order valence-corrected chi connectivity index (χ2v) is 2.98. The lowest BCUT2D eigenvalue weighted by molar-refractivity contribution is 0.473. The van der Waals surface area contributed by atoms with Crippen LogP contribution in [0.25, 0.3) is 0 Å². The summed E-state index contributed by atoms with van der Waals surface area (Å²) in [5.41, 5.74) is 0. The van der Waals surface area contributed by atoms with Crippen LogP contribution in [0.4, 0.5) is 0 Å². The van der Waals surface area contributed by atoms with Crippen molar-refractivity contribution in [1.82, 2.24) is 0 Å². The lowest BCUT2D eigenvalue weighted by Gasteiger charge is -1.99. The zero-order valence-corrected chi connectivity index (χ0v) is 7.45. The van der Waals surface area contributed by atoms with Gasteiger partial charge in [0.2, 0.25) is 0 Å². The van der Waals surface area contributed by atoms with E-state index < -0.39 is 0 Å². The Morgan fingerprint density at radius 1 is 1.50 bits per heavy atom. The van der Waals surface area contributed by atoms with Gasteiger partial charge < -0.3 is 4.74 Å². The largest absolute Gasteiger partial charge is 0.490 e. The molecule has 0 bridgehead atoms. The van der Waals surface area contributed by atoms with E-state index in [9.17, 15) is 0 Å². The average Bonchev–Trinajstić information content (AvgIpc) is 1.95. The molecule has 0 unspecified atom stereocenters. The molecule has 0 fully saturated rings. The van der Waals surface area contributed by atoms with E-state index in [2.05, 4.69) is 23.0 Å². The first-order valence-electron chi connectivity index (χ1n) is 2.61. The van der Waals surface area contributed by atoms with E-state index in [4.69, 9.17) is 16.3 Å². The van der Waals surface area contributed by atoms with Crippen LogP contribution in [0.5, 0.6) is 5.75 Å². The number of halogens is 2. The quantitative estimate of drug-likeness (QED) is 0.706. The zero-order valence-electron chi connectivity index (χ0n) is 5.10. The Hall–Kier alpha value is -0.210. The van der Waals surface area contributed by atoms with Crippen molar-refractivity contribution < 1.29 is 4.74 Å². The Kier molecular flexibility index (Phi) is 2.57. The van der Waals surface area contributed by atoms with E-state index in [1.165, 1.54) is 0 Å². The van der Waals surface area contributed by atoms with E-state index in [-0.39, 0.29) is 0 Å². The molecule has 0 aliphatic rings. The third kappa shape index (κ3) is 1.64. The molecule has 0 aromatic heterocycles. The lowest BCUT2D eigenvalue weighted by Crippen LogP contribution is -1.78. The van der Waals surface area contributed by atoms with Gasteiger partial charge in [-0.05, 0) is 34.1 Å². The molecular weight excluding hydrogens is 215 g/mol. The fraction of sp³-hybridized carbons (Fsp3) is 0. The molecule has 1 rings (SSSR count). The summed E-state index contributed by atoms with van der Waals surface area (Å²) in [5, 5.41) is 0.626. The SMILES string of the molecule is [CH2]Oc1ccc(Br)c(Cl)c1. The zero-order chi connectivity index (χ0) is 7.56. The van der Waals surface area contributed by atoms with Crippen LogP contribution in [-0.2, 0) is 0 Å². The number of hydrogen-bond donors (Lipinski definition) is 0. The fourth-order valence-corrected chi connectivity index (χ4v) is 0.984. The maximum absolute atomic E-state index is 5.74. The minimum atomic E-state index is 0.626. The van der Waals surface area contributed by atoms with Crippen LogP contribution in [-0.4, -0.2) is 0 Å². The summed E-state index contributed by atoms with van der Waals surface area (Å²) >= 11 is 8.99. The van der Waals surface area contributed by atoms with Gasteiger partial charge in [-0.1, -0.05) is 11.6 Å². The van der Waals surface area contributed by atoms with Crippen LogP contribution in [0.15, 0.2) is 22.7 Å². The van der Waals surface area contributed by atoms with E-state index in [1.807, 2.05) is 6.07 Å². The van der Waals surface area contributed by atoms with Gasteiger partial charge >= 0.3 is 0 Å². The molecule has 0 spiro atoms. The molecule has 53 valence electrons. The maximum Gasteiger partial charge on any atom is 0.122 e. The van der Waals surface area contributed by atoms with Crippen molar-refractivity contribution in [3.63, 3.8) is 0 Å². The average molecular weight is 220 g/mol. The molecular formula is C7H5BrClO. The highest BCUT2D eigenvalue weighted by Gasteiger charge is 1.96. The molecule has 0 saturated carbocycles. The van der Waals surface area contributed by atoms with Gasteiger partial charge in [-0.25, -0.2) is 0 Å². The normalized spacial score (nSPS) is 9.50. The highest BCUT2D eigenvalue weighted by atomic mass is 79.9. The van der Waals surface area contributed by atoms with Crippen LogP contribution in [0.2, 0.25) is 5.02 Å². The standard InChI is InChI=1S/C7H5BrClO/c1-10-5-2-3-6(8)7(9)4-5/h2-4H,1H2. The molecule has 10 heavy (non-hydrogen) atoms. The molecule has 1 aromatic rings. The Morgan fingerprint density at radius 3 is 2.70 bits per heavy atom. The summed E-state index contributed by atoms with van der Waals surface area (Å²) in [6.45, 7) is 0. The number of rotatable bonds is 1. The third-order valence-electron chi connectivity index (χ3n) is 1.06. The summed E-state index contributed by atoms with van der Waals surface area (Å²) in [6.07, 6.45) is 0. The smallest absolute Gasteiger partial charge is 0.122 e. The summed E-state index contributed by atoms with van der Waals surface area (Å²) in [7, 11) is 3.25. The van der Waals surface area contributed by atoms with Crippen LogP contribution in [0.1, 0.15) is 0 Å². The Balaban J connectivity index is 3.04. The van der Waals surface area contributed by atoms with Crippen molar-refractivity contribution in [3.8, 4) is 5.75 Å². The van der Waals surface area contributed by atoms with Gasteiger partial charge in [0, 0.05) is 4.47 Å². The minimum Gasteiger partial charge on any atom is -0.490 e. The Labute approximate surface area is 73.1 Å². The van der Waals surface area contributed by atoms with Crippen molar-refractivity contribution in [2.24, 2.45) is 0 Å². The van der Waals surface area contributed by atoms with Gasteiger partial charge in [0.15, 0.2) is 0 Å². The molecule has 3 heteroatoms. The highest BCUT2D eigenvalue weighted by molar-refractivity contribution is 9.10. The lowest BCUT2D eigenvalue weighted by atomic mass is 10.3. The summed E-state index contributed by atoms with van der Waals surface area (Å²) < 4.78 is 5.55. The van der Waals surface area contributed by atoms with E-state index in [1.54, 1.807) is 12.1 Å². The van der Waals surface area contributed by atoms with Crippen molar-refractivity contribution in [3.05, 3.63) is 34.8 Å². The molecule has 1 radical (unpaired) electrons. The fourth-order valence-electron chi connectivity index (χ4n) is 0.567. The molecule has 0 atom stereocenters. The van der Waals surface area contributed by atoms with Crippen LogP contribution in [0.3, 0.4) is 0 Å². The molecule has 0 saturated heterocycles. The predicted molar refractivity (Wildman–Crippen MR) is 45.1 cm³/mol. The summed E-state index contributed by atoms with van der Waals surface area (Å²) in [4.78, 5) is 0. The van der Waals surface area contributed by atoms with Crippen molar-refractivity contribution in [2.75, 3.05) is 0 Å². The first-order chi connectivity index (χ1) is 4.74. The van der Waals surface area contributed by atoms with Gasteiger partial charge in [-0.15, -0.1) is 0 Å². The van der Waals surface area contributed by atoms with Gasteiger partial charge in [0.05, 0.1) is 5.02 Å². The van der Waals surface area contributed by atoms with Crippen LogP contribution < -0.4 is 4.74 Å². The molecule has 0 heterocycles. The van der Waals surface area contributed by atoms with Gasteiger partial charge in [0.25, 0.3) is 0 Å². The molecule has 0 aliphatic carbocycles. The predicted octanol–water partition coefficient (Wildman–Crippen LogP) is 3.27. The topological polar surface area (TPSA) is 9.23 Å². The molecule has 1 nitrogen and oxygen atoms in total. The van der Waals surface area contributed by atoms with Gasteiger partial charge in [-0.3, -0.25) is 0 Å². The summed E-state index contributed by atoms with van der Waals surface area (Å²) in [5.74, 6) is 0.660. The molecule has 0 N–H and O–H groups in total. The highest BCUT2D eigenvalue weighted by Crippen LogP contribution is 2.26. The van der Waals surface area contributed by atoms with Crippen molar-refractivity contribution >= 4 is 27.5 Å². The summed E-state index contributed by atoms with van der Waals surface area (Å²) in [6, 6.07) is 5.28. The third-order valence-corrected chi connectivity index (χ3v) is 2.29. The first kappa shape index (κ1) is 7.89. The van der Waals surface area contributed by atoms with E-state index in [0.29, 0.717) is 10.8 Å². The van der Waals surface area contributed by atoms with Gasteiger partial charge in [-0.2, -0.15) is 0 Å². The van der Waals surface area contributed by atoms with Crippen LogP contribution in [0, 0.1) is 7.11 Å². The number of hydrogen-bond acceptors (Lipinski definition) is 1. The first-order valence-corrected chi connectivity index (χ1v) is 3.78. The second-order valence-electron chi connectivity index (χ2n) is 1.72. The van der Waals surface area contributed by atoms with E-state index >= 15 is 0 Å². The van der Waals surface area contributed by atoms with Crippen LogP contribution >= 0.6 is 27.5 Å². The van der Waals surface area contributed by atoms with E-state index in [0.717, 1.165) is 4.47 Å². The van der Waals surface area contributed by atoms with Crippen molar-refractivity contribution in [1.29, 1.82) is 0 Å². The van der Waals surface area contributed by atoms with Gasteiger partial charge in [0.1, 0.15) is 12.9 Å². The Bertz CT molecular complexity index is 237. The second kappa shape index (κ2) is 3.26. The Morgan fingerprint density at radius 2 is 2.20 bits per heavy atom. The molecule has 0 amide bonds. The number of benzene rings is 1. The number of ether oxygens (including phenoxy) is 1. The molecule has 1 aromatic carbocycles. The van der Waals surface area contributed by atoms with Crippen molar-refractivity contribution in [2.45, 2.75) is 0 Å².